The maximum Gasteiger partial charge on any atom is 0.190 e. The summed E-state index contributed by atoms with van der Waals surface area (Å²) >= 11 is 0. The SMILES string of the molecule is CCCCCCn1nnc(C#N)c1-c1cccc(F)c1. The third-order valence-electron chi connectivity index (χ3n) is 3.16. The molecular formula is C15H17FN4. The number of halogens is 1. The topological polar surface area (TPSA) is 54.5 Å². The Hall–Kier alpha value is -2.22. The molecule has 104 valence electrons. The van der Waals surface area contributed by atoms with Gasteiger partial charge in [-0.25, -0.2) is 9.07 Å². The maximum absolute atomic E-state index is 13.3. The highest BCUT2D eigenvalue weighted by Gasteiger charge is 2.14. The quantitative estimate of drug-likeness (QED) is 0.756. The fourth-order valence-electron chi connectivity index (χ4n) is 2.15. The van der Waals surface area contributed by atoms with Crippen LogP contribution in [0.15, 0.2) is 24.3 Å². The summed E-state index contributed by atoms with van der Waals surface area (Å²) in [6.45, 7) is 2.85. The minimum Gasteiger partial charge on any atom is -0.243 e. The lowest BCUT2D eigenvalue weighted by Crippen LogP contribution is -2.03. The zero-order chi connectivity index (χ0) is 14.4. The highest BCUT2D eigenvalue weighted by molar-refractivity contribution is 5.64. The number of aromatic nitrogens is 3. The van der Waals surface area contributed by atoms with Gasteiger partial charge >= 0.3 is 0 Å². The number of rotatable bonds is 6. The Bertz CT molecular complexity index is 613. The highest BCUT2D eigenvalue weighted by Crippen LogP contribution is 2.23. The van der Waals surface area contributed by atoms with E-state index in [4.69, 9.17) is 5.26 Å². The summed E-state index contributed by atoms with van der Waals surface area (Å²) in [5, 5.41) is 17.0. The Morgan fingerprint density at radius 1 is 1.30 bits per heavy atom. The Kier molecular flexibility index (Phi) is 4.83. The predicted molar refractivity (Wildman–Crippen MR) is 74.3 cm³/mol. The molecule has 0 aliphatic carbocycles. The van der Waals surface area contributed by atoms with Crippen molar-refractivity contribution in [3.8, 4) is 17.3 Å². The molecule has 20 heavy (non-hydrogen) atoms. The number of hydrogen-bond donors (Lipinski definition) is 0. The minimum absolute atomic E-state index is 0.242. The van der Waals surface area contributed by atoms with E-state index in [0.29, 0.717) is 17.8 Å². The maximum atomic E-state index is 13.3. The smallest absolute Gasteiger partial charge is 0.190 e. The van der Waals surface area contributed by atoms with Crippen molar-refractivity contribution in [2.75, 3.05) is 0 Å². The molecule has 0 fully saturated rings. The largest absolute Gasteiger partial charge is 0.243 e. The predicted octanol–water partition coefficient (Wildman–Crippen LogP) is 3.54. The second-order valence-corrected chi connectivity index (χ2v) is 4.69. The molecule has 0 atom stereocenters. The molecule has 2 rings (SSSR count). The monoisotopic (exact) mass is 272 g/mol. The van der Waals surface area contributed by atoms with Crippen LogP contribution >= 0.6 is 0 Å². The molecule has 0 spiro atoms. The lowest BCUT2D eigenvalue weighted by Gasteiger charge is -2.06. The summed E-state index contributed by atoms with van der Waals surface area (Å²) in [7, 11) is 0. The average Bonchev–Trinajstić information content (AvgIpc) is 2.86. The molecule has 0 bridgehead atoms. The van der Waals surface area contributed by atoms with E-state index in [1.165, 1.54) is 18.6 Å². The zero-order valence-corrected chi connectivity index (χ0v) is 11.5. The van der Waals surface area contributed by atoms with Crippen molar-refractivity contribution < 1.29 is 4.39 Å². The number of nitrogens with zero attached hydrogens (tertiary/aromatic N) is 4. The van der Waals surface area contributed by atoms with E-state index >= 15 is 0 Å². The van der Waals surface area contributed by atoms with E-state index in [0.717, 1.165) is 19.3 Å². The molecule has 0 aliphatic heterocycles. The summed E-state index contributed by atoms with van der Waals surface area (Å²) < 4.78 is 15.0. The van der Waals surface area contributed by atoms with Gasteiger partial charge in [-0.3, -0.25) is 0 Å². The Labute approximate surface area is 117 Å². The van der Waals surface area contributed by atoms with Crippen LogP contribution in [0.25, 0.3) is 11.3 Å². The molecule has 0 aliphatic rings. The van der Waals surface area contributed by atoms with Gasteiger partial charge in [0.05, 0.1) is 0 Å². The van der Waals surface area contributed by atoms with Crippen molar-refractivity contribution in [2.45, 2.75) is 39.2 Å². The lowest BCUT2D eigenvalue weighted by atomic mass is 10.1. The molecule has 0 amide bonds. The molecule has 0 radical (unpaired) electrons. The number of aryl methyl sites for hydroxylation is 1. The van der Waals surface area contributed by atoms with Gasteiger partial charge in [0.1, 0.15) is 17.6 Å². The standard InChI is InChI=1S/C15H17FN4/c1-2-3-4-5-9-20-15(14(11-17)18-19-20)12-7-6-8-13(16)10-12/h6-8,10H,2-5,9H2,1H3. The molecule has 0 N–H and O–H groups in total. The van der Waals surface area contributed by atoms with E-state index < -0.39 is 0 Å². The van der Waals surface area contributed by atoms with Crippen LogP contribution in [0.1, 0.15) is 38.3 Å². The zero-order valence-electron chi connectivity index (χ0n) is 11.5. The molecule has 1 aromatic heterocycles. The van der Waals surface area contributed by atoms with Gasteiger partial charge in [0.2, 0.25) is 0 Å². The summed E-state index contributed by atoms with van der Waals surface area (Å²) in [4.78, 5) is 0. The van der Waals surface area contributed by atoms with Gasteiger partial charge in [-0.15, -0.1) is 5.10 Å². The van der Waals surface area contributed by atoms with E-state index in [1.54, 1.807) is 16.8 Å². The third-order valence-corrected chi connectivity index (χ3v) is 3.16. The first-order valence-electron chi connectivity index (χ1n) is 6.85. The second-order valence-electron chi connectivity index (χ2n) is 4.69. The van der Waals surface area contributed by atoms with Crippen LogP contribution in [0.2, 0.25) is 0 Å². The van der Waals surface area contributed by atoms with Crippen LogP contribution in [0.5, 0.6) is 0 Å². The summed E-state index contributed by atoms with van der Waals surface area (Å²) in [5.41, 5.74) is 1.48. The highest BCUT2D eigenvalue weighted by atomic mass is 19.1. The number of hydrogen-bond acceptors (Lipinski definition) is 3. The fraction of sp³-hybridized carbons (Fsp3) is 0.400. The van der Waals surface area contributed by atoms with Crippen molar-refractivity contribution >= 4 is 0 Å². The van der Waals surface area contributed by atoms with Crippen molar-refractivity contribution in [3.63, 3.8) is 0 Å². The van der Waals surface area contributed by atoms with Crippen LogP contribution < -0.4 is 0 Å². The lowest BCUT2D eigenvalue weighted by molar-refractivity contribution is 0.531. The average molecular weight is 272 g/mol. The molecule has 2 aromatic rings. The summed E-state index contributed by atoms with van der Waals surface area (Å²) in [6.07, 6.45) is 4.43. The van der Waals surface area contributed by atoms with E-state index in [9.17, 15) is 4.39 Å². The molecule has 4 nitrogen and oxygen atoms in total. The van der Waals surface area contributed by atoms with Gasteiger partial charge in [-0.1, -0.05) is 43.5 Å². The van der Waals surface area contributed by atoms with Crippen LogP contribution in [0.4, 0.5) is 4.39 Å². The van der Waals surface area contributed by atoms with Gasteiger partial charge in [-0.2, -0.15) is 5.26 Å². The summed E-state index contributed by atoms with van der Waals surface area (Å²) in [5.74, 6) is -0.329. The van der Waals surface area contributed by atoms with Crippen LogP contribution in [-0.4, -0.2) is 15.0 Å². The van der Waals surface area contributed by atoms with Crippen molar-refractivity contribution in [1.29, 1.82) is 5.26 Å². The molecule has 0 saturated heterocycles. The Balaban J connectivity index is 2.26. The van der Waals surface area contributed by atoms with Gasteiger partial charge in [0.15, 0.2) is 5.69 Å². The molecule has 0 unspecified atom stereocenters. The third kappa shape index (κ3) is 3.21. The van der Waals surface area contributed by atoms with Crippen LogP contribution in [0.3, 0.4) is 0 Å². The first-order valence-corrected chi connectivity index (χ1v) is 6.85. The second kappa shape index (κ2) is 6.80. The van der Waals surface area contributed by atoms with Crippen molar-refractivity contribution in [2.24, 2.45) is 0 Å². The van der Waals surface area contributed by atoms with Crippen molar-refractivity contribution in [3.05, 3.63) is 35.8 Å². The molecule has 0 saturated carbocycles. The van der Waals surface area contributed by atoms with Gasteiger partial charge in [0, 0.05) is 12.1 Å². The first-order chi connectivity index (χ1) is 9.76. The van der Waals surface area contributed by atoms with E-state index in [1.807, 2.05) is 6.07 Å². The van der Waals surface area contributed by atoms with Crippen molar-refractivity contribution in [1.82, 2.24) is 15.0 Å². The first kappa shape index (κ1) is 14.2. The molecule has 5 heteroatoms. The Morgan fingerprint density at radius 3 is 2.85 bits per heavy atom. The molecule has 1 heterocycles. The fourth-order valence-corrected chi connectivity index (χ4v) is 2.15. The van der Waals surface area contributed by atoms with Gasteiger partial charge < -0.3 is 0 Å². The number of nitriles is 1. The minimum atomic E-state index is -0.329. The van der Waals surface area contributed by atoms with Gasteiger partial charge in [-0.05, 0) is 18.6 Å². The summed E-state index contributed by atoms with van der Waals surface area (Å²) in [6, 6.07) is 8.20. The van der Waals surface area contributed by atoms with Crippen LogP contribution in [-0.2, 0) is 6.54 Å². The number of benzene rings is 1. The van der Waals surface area contributed by atoms with E-state index in [2.05, 4.69) is 17.2 Å². The Morgan fingerprint density at radius 2 is 2.15 bits per heavy atom. The number of unbranched alkanes of at least 4 members (excludes halogenated alkanes) is 3. The molecular weight excluding hydrogens is 255 g/mol. The normalized spacial score (nSPS) is 10.4. The van der Waals surface area contributed by atoms with Crippen LogP contribution in [0, 0.1) is 17.1 Å². The van der Waals surface area contributed by atoms with E-state index in [-0.39, 0.29) is 11.5 Å². The van der Waals surface area contributed by atoms with Gasteiger partial charge in [0.25, 0.3) is 0 Å². The molecule has 1 aromatic carbocycles.